The molecule has 3 N–H and O–H groups in total. The highest BCUT2D eigenvalue weighted by Crippen LogP contribution is 2.30. The van der Waals surface area contributed by atoms with Crippen LogP contribution in [0.1, 0.15) is 43.4 Å². The molecule has 7 heteroatoms. The Morgan fingerprint density at radius 3 is 2.61 bits per heavy atom. The van der Waals surface area contributed by atoms with Crippen LogP contribution < -0.4 is 10.6 Å². The zero-order valence-electron chi connectivity index (χ0n) is 17.4. The van der Waals surface area contributed by atoms with Crippen LogP contribution in [-0.4, -0.2) is 61.4 Å². The number of nitrogens with one attached hydrogen (secondary N) is 2. The van der Waals surface area contributed by atoms with Gasteiger partial charge in [-0.2, -0.15) is 0 Å². The highest BCUT2D eigenvalue weighted by molar-refractivity contribution is 14.0. The van der Waals surface area contributed by atoms with Gasteiger partial charge in [-0.1, -0.05) is 6.07 Å². The van der Waals surface area contributed by atoms with Gasteiger partial charge < -0.3 is 20.5 Å². The molecular weight excluding hydrogens is 467 g/mol. The summed E-state index contributed by atoms with van der Waals surface area (Å²) in [6.07, 6.45) is 4.61. The largest absolute Gasteiger partial charge is 0.508 e. The predicted octanol–water partition coefficient (Wildman–Crippen LogP) is 2.66. The van der Waals surface area contributed by atoms with Crippen molar-refractivity contribution < 1.29 is 9.84 Å². The van der Waals surface area contributed by atoms with Gasteiger partial charge in [-0.3, -0.25) is 9.89 Å². The van der Waals surface area contributed by atoms with Crippen molar-refractivity contribution in [2.24, 2.45) is 4.99 Å². The number of hydrogen-bond acceptors (Lipinski definition) is 4. The Labute approximate surface area is 186 Å². The maximum atomic E-state index is 10.4. The van der Waals surface area contributed by atoms with Crippen molar-refractivity contribution in [1.29, 1.82) is 0 Å². The summed E-state index contributed by atoms with van der Waals surface area (Å²) in [5.41, 5.74) is 3.74. The van der Waals surface area contributed by atoms with Crippen LogP contribution in [-0.2, 0) is 24.1 Å². The molecule has 1 aromatic carbocycles. The first kappa shape index (κ1) is 23.2. The average molecular weight is 502 g/mol. The van der Waals surface area contributed by atoms with Crippen LogP contribution in [0, 0.1) is 0 Å². The quantitative estimate of drug-likeness (QED) is 0.328. The van der Waals surface area contributed by atoms with E-state index in [0.29, 0.717) is 12.3 Å². The van der Waals surface area contributed by atoms with Gasteiger partial charge in [0.05, 0.1) is 13.2 Å². The first-order valence-corrected chi connectivity index (χ1v) is 10.1. The molecule has 0 unspecified atom stereocenters. The second kappa shape index (κ2) is 10.6. The number of aliphatic imine (C=N–C) groups is 1. The van der Waals surface area contributed by atoms with E-state index in [1.807, 2.05) is 6.07 Å². The van der Waals surface area contributed by atoms with Gasteiger partial charge in [-0.15, -0.1) is 24.0 Å². The van der Waals surface area contributed by atoms with Crippen molar-refractivity contribution in [3.05, 3.63) is 28.8 Å². The van der Waals surface area contributed by atoms with Crippen molar-refractivity contribution in [1.82, 2.24) is 15.5 Å². The Morgan fingerprint density at radius 1 is 1.18 bits per heavy atom. The minimum absolute atomic E-state index is 0. The van der Waals surface area contributed by atoms with E-state index in [2.05, 4.69) is 40.4 Å². The fraction of sp³-hybridized carbons (Fsp3) is 0.667. The van der Waals surface area contributed by atoms with Crippen molar-refractivity contribution in [3.63, 3.8) is 0 Å². The van der Waals surface area contributed by atoms with Crippen LogP contribution in [0.25, 0.3) is 0 Å². The first-order valence-electron chi connectivity index (χ1n) is 10.1. The Morgan fingerprint density at radius 2 is 1.89 bits per heavy atom. The number of phenols is 1. The van der Waals surface area contributed by atoms with E-state index in [1.165, 1.54) is 24.0 Å². The molecule has 0 spiro atoms. The lowest BCUT2D eigenvalue weighted by Gasteiger charge is -2.41. The third-order valence-corrected chi connectivity index (χ3v) is 5.84. The van der Waals surface area contributed by atoms with Gasteiger partial charge in [0.15, 0.2) is 5.96 Å². The Balaban J connectivity index is 0.00000280. The molecule has 0 aromatic heterocycles. The van der Waals surface area contributed by atoms with Gasteiger partial charge in [0.1, 0.15) is 5.75 Å². The number of fused-ring (bicyclic) bond motifs is 1. The Hall–Kier alpha value is -1.06. The number of halogens is 1. The summed E-state index contributed by atoms with van der Waals surface area (Å²) in [6.45, 7) is 9.41. The lowest BCUT2D eigenvalue weighted by Crippen LogP contribution is -2.56. The summed E-state index contributed by atoms with van der Waals surface area (Å²) in [5, 5.41) is 17.2. The molecule has 0 amide bonds. The molecule has 0 saturated carbocycles. The minimum atomic E-state index is 0. The zero-order chi connectivity index (χ0) is 19.3. The van der Waals surface area contributed by atoms with Crippen LogP contribution in [0.3, 0.4) is 0 Å². The monoisotopic (exact) mass is 502 g/mol. The van der Waals surface area contributed by atoms with E-state index >= 15 is 0 Å². The lowest BCUT2D eigenvalue weighted by molar-refractivity contribution is -0.00834. The van der Waals surface area contributed by atoms with E-state index in [4.69, 9.17) is 4.74 Å². The first-order chi connectivity index (χ1) is 13.0. The van der Waals surface area contributed by atoms with E-state index in [-0.39, 0.29) is 29.5 Å². The molecule has 1 saturated heterocycles. The molecule has 158 valence electrons. The molecule has 1 aliphatic heterocycles. The highest BCUT2D eigenvalue weighted by Gasteiger charge is 2.28. The number of benzene rings is 1. The van der Waals surface area contributed by atoms with Crippen molar-refractivity contribution in [3.8, 4) is 5.75 Å². The molecule has 6 nitrogen and oxygen atoms in total. The maximum absolute atomic E-state index is 10.4. The molecule has 0 bridgehead atoms. The predicted molar refractivity (Wildman–Crippen MR) is 125 cm³/mol. The lowest BCUT2D eigenvalue weighted by atomic mass is 9.88. The number of aryl methyl sites for hydroxylation is 1. The number of guanidine groups is 1. The third-order valence-electron chi connectivity index (χ3n) is 5.84. The van der Waals surface area contributed by atoms with Crippen LogP contribution >= 0.6 is 24.0 Å². The van der Waals surface area contributed by atoms with E-state index in [0.717, 1.165) is 57.2 Å². The molecule has 2 aliphatic rings. The zero-order valence-corrected chi connectivity index (χ0v) is 19.7. The third kappa shape index (κ3) is 5.73. The standard InChI is InChI=1S/C21H34N4O2.HI/c1-21(2,25-10-12-27-13-11-25)15-24-20(22-3)23-14-18-17-7-5-4-6-16(17)8-9-19(18)26;/h8-9,26H,4-7,10-15H2,1-3H3,(H2,22,23,24);1H. The van der Waals surface area contributed by atoms with Crippen molar-refractivity contribution in [2.45, 2.75) is 51.6 Å². The summed E-state index contributed by atoms with van der Waals surface area (Å²) >= 11 is 0. The molecule has 28 heavy (non-hydrogen) atoms. The van der Waals surface area contributed by atoms with Gasteiger partial charge in [-0.25, -0.2) is 0 Å². The summed E-state index contributed by atoms with van der Waals surface area (Å²) in [4.78, 5) is 6.82. The van der Waals surface area contributed by atoms with E-state index in [1.54, 1.807) is 7.05 Å². The molecule has 0 radical (unpaired) electrons. The molecule has 1 heterocycles. The Kier molecular flexibility index (Phi) is 8.82. The second-order valence-electron chi connectivity index (χ2n) is 8.10. The van der Waals surface area contributed by atoms with Crippen LogP contribution in [0.4, 0.5) is 0 Å². The summed E-state index contributed by atoms with van der Waals surface area (Å²) in [6, 6.07) is 3.91. The SMILES string of the molecule is CN=C(NCc1c(O)ccc2c1CCCC2)NCC(C)(C)N1CCOCC1.I. The van der Waals surface area contributed by atoms with Crippen LogP contribution in [0.2, 0.25) is 0 Å². The smallest absolute Gasteiger partial charge is 0.191 e. The van der Waals surface area contributed by atoms with Crippen molar-refractivity contribution >= 4 is 29.9 Å². The normalized spacial score (nSPS) is 18.2. The summed E-state index contributed by atoms with van der Waals surface area (Å²) in [7, 11) is 1.79. The van der Waals surface area contributed by atoms with E-state index in [9.17, 15) is 5.11 Å². The van der Waals surface area contributed by atoms with E-state index < -0.39 is 0 Å². The van der Waals surface area contributed by atoms with Gasteiger partial charge in [0.25, 0.3) is 0 Å². The summed E-state index contributed by atoms with van der Waals surface area (Å²) in [5.74, 6) is 1.15. The number of morpholine rings is 1. The van der Waals surface area contributed by atoms with Crippen LogP contribution in [0.5, 0.6) is 5.75 Å². The number of hydrogen-bond donors (Lipinski definition) is 3. The number of nitrogens with zero attached hydrogens (tertiary/aromatic N) is 2. The summed E-state index contributed by atoms with van der Waals surface area (Å²) < 4.78 is 5.46. The van der Waals surface area contributed by atoms with Crippen LogP contribution in [0.15, 0.2) is 17.1 Å². The minimum Gasteiger partial charge on any atom is -0.508 e. The van der Waals surface area contributed by atoms with Gasteiger partial charge in [0.2, 0.25) is 0 Å². The molecule has 3 rings (SSSR count). The average Bonchev–Trinajstić information content (AvgIpc) is 2.70. The number of aromatic hydroxyl groups is 1. The molecular formula is C21H35IN4O2. The topological polar surface area (TPSA) is 69.1 Å². The highest BCUT2D eigenvalue weighted by atomic mass is 127. The van der Waals surface area contributed by atoms with Crippen molar-refractivity contribution in [2.75, 3.05) is 39.9 Å². The molecule has 1 fully saturated rings. The molecule has 0 atom stereocenters. The Bertz CT molecular complexity index is 673. The van der Waals surface area contributed by atoms with Gasteiger partial charge >= 0.3 is 0 Å². The fourth-order valence-electron chi connectivity index (χ4n) is 4.06. The number of phenolic OH excluding ortho intramolecular Hbond substituents is 1. The molecule has 1 aliphatic carbocycles. The number of ether oxygens (including phenoxy) is 1. The molecule has 1 aromatic rings. The van der Waals surface area contributed by atoms with Gasteiger partial charge in [-0.05, 0) is 56.7 Å². The maximum Gasteiger partial charge on any atom is 0.191 e. The number of rotatable bonds is 5. The fourth-order valence-corrected chi connectivity index (χ4v) is 4.06. The van der Waals surface area contributed by atoms with Gasteiger partial charge in [0, 0.05) is 44.3 Å². The second-order valence-corrected chi connectivity index (χ2v) is 8.10.